The van der Waals surface area contributed by atoms with Gasteiger partial charge in [0.15, 0.2) is 17.1 Å². The second-order valence-corrected chi connectivity index (χ2v) is 7.28. The Morgan fingerprint density at radius 3 is 3.08 bits per heavy atom. The summed E-state index contributed by atoms with van der Waals surface area (Å²) in [6.07, 6.45) is 3.54. The Kier molecular flexibility index (Phi) is 3.97. The Labute approximate surface area is 153 Å². The molecule has 6 nitrogen and oxygen atoms in total. The van der Waals surface area contributed by atoms with Crippen LogP contribution >= 0.6 is 22.9 Å². The van der Waals surface area contributed by atoms with Gasteiger partial charge in [-0.1, -0.05) is 22.9 Å². The Morgan fingerprint density at radius 1 is 1.48 bits per heavy atom. The highest BCUT2D eigenvalue weighted by molar-refractivity contribution is 7.19. The molecule has 0 fully saturated rings. The van der Waals surface area contributed by atoms with Crippen molar-refractivity contribution in [2.24, 2.45) is 7.05 Å². The van der Waals surface area contributed by atoms with Gasteiger partial charge in [0.1, 0.15) is 5.75 Å². The van der Waals surface area contributed by atoms with Crippen molar-refractivity contribution in [3.63, 3.8) is 0 Å². The highest BCUT2D eigenvalue weighted by Gasteiger charge is 2.30. The smallest absolute Gasteiger partial charge is 0.267 e. The van der Waals surface area contributed by atoms with Gasteiger partial charge in [-0.25, -0.2) is 9.97 Å². The minimum absolute atomic E-state index is 0.215. The maximum Gasteiger partial charge on any atom is 0.267 e. The van der Waals surface area contributed by atoms with Crippen molar-refractivity contribution in [1.29, 1.82) is 0 Å². The third kappa shape index (κ3) is 3.01. The standard InChI is InChI=1S/C17H15ClN4O2S/c1-9-14(15-19-5-6-22(15)2)25-17(20-9)21-16(23)13-8-10-7-11(18)3-4-12(10)24-13/h3-7,13H,8H2,1-2H3,(H,20,21,23)/t13-/m1/s1. The van der Waals surface area contributed by atoms with E-state index in [2.05, 4.69) is 15.3 Å². The summed E-state index contributed by atoms with van der Waals surface area (Å²) in [4.78, 5) is 22.2. The lowest BCUT2D eigenvalue weighted by atomic mass is 10.1. The van der Waals surface area contributed by atoms with E-state index < -0.39 is 6.10 Å². The number of imidazole rings is 1. The Morgan fingerprint density at radius 2 is 2.32 bits per heavy atom. The monoisotopic (exact) mass is 374 g/mol. The number of rotatable bonds is 3. The molecule has 1 aliphatic rings. The first-order valence-corrected chi connectivity index (χ1v) is 8.92. The molecule has 1 N–H and O–H groups in total. The van der Waals surface area contributed by atoms with Gasteiger partial charge in [0.2, 0.25) is 0 Å². The molecule has 0 aliphatic carbocycles. The van der Waals surface area contributed by atoms with Crippen LogP contribution in [0.1, 0.15) is 11.3 Å². The van der Waals surface area contributed by atoms with Crippen LogP contribution < -0.4 is 10.1 Å². The van der Waals surface area contributed by atoms with Gasteiger partial charge in [0, 0.05) is 30.9 Å². The third-order valence-electron chi connectivity index (χ3n) is 4.04. The normalized spacial score (nSPS) is 15.7. The van der Waals surface area contributed by atoms with E-state index in [1.165, 1.54) is 11.3 Å². The molecule has 0 bridgehead atoms. The molecule has 0 spiro atoms. The van der Waals surface area contributed by atoms with Crippen LogP contribution in [0.5, 0.6) is 5.75 Å². The molecule has 1 amide bonds. The van der Waals surface area contributed by atoms with Crippen molar-refractivity contribution in [1.82, 2.24) is 14.5 Å². The van der Waals surface area contributed by atoms with Crippen molar-refractivity contribution in [2.75, 3.05) is 5.32 Å². The van der Waals surface area contributed by atoms with E-state index in [4.69, 9.17) is 16.3 Å². The Balaban J connectivity index is 1.50. The summed E-state index contributed by atoms with van der Waals surface area (Å²) in [6, 6.07) is 5.37. The molecule has 3 aromatic rings. The van der Waals surface area contributed by atoms with Crippen molar-refractivity contribution in [3.05, 3.63) is 46.9 Å². The summed E-state index contributed by atoms with van der Waals surface area (Å²) in [7, 11) is 1.93. The van der Waals surface area contributed by atoms with Gasteiger partial charge in [-0.15, -0.1) is 0 Å². The Hall–Kier alpha value is -2.38. The number of anilines is 1. The van der Waals surface area contributed by atoms with Crippen LogP contribution in [0.4, 0.5) is 5.13 Å². The molecule has 25 heavy (non-hydrogen) atoms. The van der Waals surface area contributed by atoms with E-state index in [1.807, 2.05) is 30.8 Å². The average molecular weight is 375 g/mol. The second kappa shape index (κ2) is 6.16. The minimum Gasteiger partial charge on any atom is -0.480 e. The molecule has 0 saturated heterocycles. The van der Waals surface area contributed by atoms with Crippen molar-refractivity contribution >= 4 is 34.0 Å². The Bertz CT molecular complexity index is 965. The number of aromatic nitrogens is 3. The van der Waals surface area contributed by atoms with Crippen LogP contribution in [-0.2, 0) is 18.3 Å². The van der Waals surface area contributed by atoms with Gasteiger partial charge in [-0.3, -0.25) is 10.1 Å². The van der Waals surface area contributed by atoms with Crippen LogP contribution in [0.25, 0.3) is 10.7 Å². The predicted molar refractivity (Wildman–Crippen MR) is 97.3 cm³/mol. The zero-order valence-electron chi connectivity index (χ0n) is 13.6. The van der Waals surface area contributed by atoms with E-state index in [9.17, 15) is 4.79 Å². The molecule has 128 valence electrons. The fraction of sp³-hybridized carbons (Fsp3) is 0.235. The number of hydrogen-bond donors (Lipinski definition) is 1. The zero-order chi connectivity index (χ0) is 17.6. The predicted octanol–water partition coefficient (Wildman–Crippen LogP) is 3.45. The molecule has 0 unspecified atom stereocenters. The number of carbonyl (C=O) groups is 1. The van der Waals surface area contributed by atoms with E-state index in [1.54, 1.807) is 18.3 Å². The minimum atomic E-state index is -0.575. The molecule has 3 heterocycles. The quantitative estimate of drug-likeness (QED) is 0.762. The van der Waals surface area contributed by atoms with Crippen LogP contribution in [0, 0.1) is 6.92 Å². The molecule has 1 aromatic carbocycles. The molecule has 0 saturated carbocycles. The van der Waals surface area contributed by atoms with E-state index >= 15 is 0 Å². The summed E-state index contributed by atoms with van der Waals surface area (Å²) in [5.74, 6) is 1.32. The molecule has 1 aliphatic heterocycles. The third-order valence-corrected chi connectivity index (χ3v) is 5.34. The maximum atomic E-state index is 12.5. The molecule has 0 radical (unpaired) electrons. The summed E-state index contributed by atoms with van der Waals surface area (Å²) in [5, 5.41) is 4.03. The molecule has 4 rings (SSSR count). The number of nitrogens with one attached hydrogen (secondary N) is 1. The number of aryl methyl sites for hydroxylation is 2. The van der Waals surface area contributed by atoms with Gasteiger partial charge in [0.05, 0.1) is 10.6 Å². The number of amides is 1. The zero-order valence-corrected chi connectivity index (χ0v) is 15.2. The van der Waals surface area contributed by atoms with Crippen LogP contribution in [0.15, 0.2) is 30.6 Å². The summed E-state index contributed by atoms with van der Waals surface area (Å²) in [5.41, 5.74) is 1.77. The number of halogens is 1. The van der Waals surface area contributed by atoms with Crippen molar-refractivity contribution in [3.8, 4) is 16.5 Å². The molecular weight excluding hydrogens is 360 g/mol. The fourth-order valence-corrected chi connectivity index (χ4v) is 3.99. The van der Waals surface area contributed by atoms with Crippen molar-refractivity contribution in [2.45, 2.75) is 19.4 Å². The topological polar surface area (TPSA) is 69.0 Å². The number of benzene rings is 1. The number of thiazole rings is 1. The maximum absolute atomic E-state index is 12.5. The SMILES string of the molecule is Cc1nc(NC(=O)[C@H]2Cc3cc(Cl)ccc3O2)sc1-c1nccn1C. The van der Waals surface area contributed by atoms with Gasteiger partial charge in [-0.05, 0) is 30.7 Å². The van der Waals surface area contributed by atoms with Crippen molar-refractivity contribution < 1.29 is 9.53 Å². The highest BCUT2D eigenvalue weighted by atomic mass is 35.5. The molecule has 2 aromatic heterocycles. The fourth-order valence-electron chi connectivity index (χ4n) is 2.79. The molecular formula is C17H15ClN4O2S. The van der Waals surface area contributed by atoms with Gasteiger partial charge in [0.25, 0.3) is 5.91 Å². The van der Waals surface area contributed by atoms with E-state index in [0.717, 1.165) is 22.0 Å². The molecule has 1 atom stereocenters. The largest absolute Gasteiger partial charge is 0.480 e. The lowest BCUT2D eigenvalue weighted by Gasteiger charge is -2.09. The van der Waals surface area contributed by atoms with Gasteiger partial charge in [-0.2, -0.15) is 0 Å². The van der Waals surface area contributed by atoms with E-state index in [0.29, 0.717) is 22.3 Å². The van der Waals surface area contributed by atoms with E-state index in [-0.39, 0.29) is 5.91 Å². The molecule has 8 heteroatoms. The number of fused-ring (bicyclic) bond motifs is 1. The number of hydrogen-bond acceptors (Lipinski definition) is 5. The summed E-state index contributed by atoms with van der Waals surface area (Å²) >= 11 is 7.39. The number of nitrogens with zero attached hydrogens (tertiary/aromatic N) is 3. The summed E-state index contributed by atoms with van der Waals surface area (Å²) in [6.45, 7) is 1.90. The van der Waals surface area contributed by atoms with Crippen LogP contribution in [-0.4, -0.2) is 26.5 Å². The van der Waals surface area contributed by atoms with Crippen LogP contribution in [0.2, 0.25) is 5.02 Å². The first kappa shape index (κ1) is 16.1. The first-order valence-electron chi connectivity index (χ1n) is 7.72. The summed E-state index contributed by atoms with van der Waals surface area (Å²) < 4.78 is 7.64. The highest BCUT2D eigenvalue weighted by Crippen LogP contribution is 2.33. The lowest BCUT2D eigenvalue weighted by molar-refractivity contribution is -0.122. The number of carbonyl (C=O) groups excluding carboxylic acids is 1. The lowest BCUT2D eigenvalue weighted by Crippen LogP contribution is -2.31. The van der Waals surface area contributed by atoms with Gasteiger partial charge < -0.3 is 9.30 Å². The van der Waals surface area contributed by atoms with Gasteiger partial charge >= 0.3 is 0 Å². The average Bonchev–Trinajstić information content (AvgIpc) is 3.25. The second-order valence-electron chi connectivity index (χ2n) is 5.85. The number of ether oxygens (including phenoxy) is 1. The first-order chi connectivity index (χ1) is 12.0. The van der Waals surface area contributed by atoms with Crippen LogP contribution in [0.3, 0.4) is 0 Å².